The van der Waals surface area contributed by atoms with Crippen LogP contribution in [-0.4, -0.2) is 11.2 Å². The van der Waals surface area contributed by atoms with Gasteiger partial charge in [-0.1, -0.05) is 29.4 Å². The van der Waals surface area contributed by atoms with Crippen LogP contribution in [0.25, 0.3) is 0 Å². The van der Waals surface area contributed by atoms with Gasteiger partial charge in [0.2, 0.25) is 0 Å². The highest BCUT2D eigenvalue weighted by atomic mass is 16.3. The molecule has 64 valence electrons. The van der Waals surface area contributed by atoms with Gasteiger partial charge in [0, 0.05) is 0 Å². The molecule has 2 aliphatic carbocycles. The van der Waals surface area contributed by atoms with Gasteiger partial charge in [-0.3, -0.25) is 0 Å². The van der Waals surface area contributed by atoms with Crippen LogP contribution >= 0.6 is 0 Å². The zero-order valence-electron chi connectivity index (χ0n) is 7.38. The average molecular weight is 162 g/mol. The third kappa shape index (κ3) is 1.25. The molecule has 1 heteroatoms. The molecule has 2 rings (SSSR count). The fraction of sp³-hybridized carbons (Fsp3) is 0.455. The standard InChI is InChI=1S/C11H14O/c1-8-2-4-9-5-7-11(12)10(9)6-3-8/h2-3,6,11-12H,4-5,7H2,1H3. The van der Waals surface area contributed by atoms with Crippen LogP contribution in [0.15, 0.2) is 34.9 Å². The summed E-state index contributed by atoms with van der Waals surface area (Å²) in [7, 11) is 0. The predicted octanol–water partition coefficient (Wildman–Crippen LogP) is 2.34. The molecule has 0 amide bonds. The maximum atomic E-state index is 9.60. The van der Waals surface area contributed by atoms with E-state index in [2.05, 4.69) is 25.2 Å². The maximum Gasteiger partial charge on any atom is 0.0792 e. The summed E-state index contributed by atoms with van der Waals surface area (Å²) in [6, 6.07) is 0. The van der Waals surface area contributed by atoms with Crippen LogP contribution < -0.4 is 0 Å². The second kappa shape index (κ2) is 2.91. The zero-order chi connectivity index (χ0) is 8.55. The third-order valence-electron chi connectivity index (χ3n) is 2.68. The predicted molar refractivity (Wildman–Crippen MR) is 49.8 cm³/mol. The maximum absolute atomic E-state index is 9.60. The van der Waals surface area contributed by atoms with E-state index in [1.54, 1.807) is 0 Å². The monoisotopic (exact) mass is 162 g/mol. The van der Waals surface area contributed by atoms with Crippen molar-refractivity contribution in [3.63, 3.8) is 0 Å². The van der Waals surface area contributed by atoms with Crippen molar-refractivity contribution in [1.82, 2.24) is 0 Å². The highest BCUT2D eigenvalue weighted by molar-refractivity contribution is 5.40. The summed E-state index contributed by atoms with van der Waals surface area (Å²) < 4.78 is 0. The summed E-state index contributed by atoms with van der Waals surface area (Å²) in [5, 5.41) is 9.60. The molecular weight excluding hydrogens is 148 g/mol. The molecule has 12 heavy (non-hydrogen) atoms. The van der Waals surface area contributed by atoms with Gasteiger partial charge in [-0.05, 0) is 31.8 Å². The first-order valence-electron chi connectivity index (χ1n) is 4.52. The largest absolute Gasteiger partial charge is 0.388 e. The Morgan fingerprint density at radius 3 is 3.08 bits per heavy atom. The van der Waals surface area contributed by atoms with Gasteiger partial charge in [-0.2, -0.15) is 0 Å². The fourth-order valence-corrected chi connectivity index (χ4v) is 1.87. The lowest BCUT2D eigenvalue weighted by molar-refractivity contribution is 0.215. The number of allylic oxidation sites excluding steroid dienone is 4. The van der Waals surface area contributed by atoms with Crippen LogP contribution in [-0.2, 0) is 0 Å². The molecule has 0 heterocycles. The van der Waals surface area contributed by atoms with Gasteiger partial charge in [0.1, 0.15) is 0 Å². The van der Waals surface area contributed by atoms with Gasteiger partial charge >= 0.3 is 0 Å². The molecule has 0 spiro atoms. The first kappa shape index (κ1) is 7.81. The normalized spacial score (nSPS) is 28.5. The van der Waals surface area contributed by atoms with Crippen LogP contribution in [0.5, 0.6) is 0 Å². The Kier molecular flexibility index (Phi) is 1.89. The van der Waals surface area contributed by atoms with Crippen molar-refractivity contribution in [2.24, 2.45) is 0 Å². The first-order valence-corrected chi connectivity index (χ1v) is 4.52. The molecule has 1 nitrogen and oxygen atoms in total. The van der Waals surface area contributed by atoms with Crippen molar-refractivity contribution in [2.45, 2.75) is 32.3 Å². The van der Waals surface area contributed by atoms with Gasteiger partial charge in [0.15, 0.2) is 0 Å². The minimum Gasteiger partial charge on any atom is -0.388 e. The third-order valence-corrected chi connectivity index (χ3v) is 2.68. The number of aliphatic hydroxyl groups excluding tert-OH is 1. The second-order valence-corrected chi connectivity index (χ2v) is 3.60. The number of aliphatic hydroxyl groups is 1. The van der Waals surface area contributed by atoms with Crippen molar-refractivity contribution in [2.75, 3.05) is 0 Å². The number of hydrogen-bond acceptors (Lipinski definition) is 1. The van der Waals surface area contributed by atoms with E-state index in [1.165, 1.54) is 16.7 Å². The van der Waals surface area contributed by atoms with Gasteiger partial charge in [0.25, 0.3) is 0 Å². The fourth-order valence-electron chi connectivity index (χ4n) is 1.87. The summed E-state index contributed by atoms with van der Waals surface area (Å²) in [6.45, 7) is 2.10. The molecule has 0 fully saturated rings. The second-order valence-electron chi connectivity index (χ2n) is 3.60. The van der Waals surface area contributed by atoms with Crippen molar-refractivity contribution < 1.29 is 5.11 Å². The topological polar surface area (TPSA) is 20.2 Å². The van der Waals surface area contributed by atoms with Crippen molar-refractivity contribution >= 4 is 0 Å². The Morgan fingerprint density at radius 1 is 1.42 bits per heavy atom. The summed E-state index contributed by atoms with van der Waals surface area (Å²) >= 11 is 0. The Balaban J connectivity index is 2.30. The quantitative estimate of drug-likeness (QED) is 0.579. The van der Waals surface area contributed by atoms with E-state index in [-0.39, 0.29) is 6.10 Å². The van der Waals surface area contributed by atoms with Crippen LogP contribution in [0, 0.1) is 0 Å². The van der Waals surface area contributed by atoms with E-state index >= 15 is 0 Å². The Bertz CT molecular complexity index is 281. The summed E-state index contributed by atoms with van der Waals surface area (Å²) in [5.74, 6) is 0. The lowest BCUT2D eigenvalue weighted by Gasteiger charge is -2.02. The lowest BCUT2D eigenvalue weighted by atomic mass is 10.1. The average Bonchev–Trinajstić information content (AvgIpc) is 2.28. The van der Waals surface area contributed by atoms with E-state index < -0.39 is 0 Å². The van der Waals surface area contributed by atoms with Crippen LogP contribution in [0.2, 0.25) is 0 Å². The first-order chi connectivity index (χ1) is 5.77. The highest BCUT2D eigenvalue weighted by Crippen LogP contribution is 2.32. The van der Waals surface area contributed by atoms with Gasteiger partial charge in [-0.15, -0.1) is 0 Å². The lowest BCUT2D eigenvalue weighted by Crippen LogP contribution is -2.02. The smallest absolute Gasteiger partial charge is 0.0792 e. The Morgan fingerprint density at radius 2 is 2.25 bits per heavy atom. The highest BCUT2D eigenvalue weighted by Gasteiger charge is 2.21. The Hall–Kier alpha value is -0.820. The van der Waals surface area contributed by atoms with Gasteiger partial charge < -0.3 is 5.11 Å². The van der Waals surface area contributed by atoms with Crippen LogP contribution in [0.3, 0.4) is 0 Å². The molecule has 0 aliphatic heterocycles. The molecule has 0 bridgehead atoms. The van der Waals surface area contributed by atoms with Crippen molar-refractivity contribution in [1.29, 1.82) is 0 Å². The number of rotatable bonds is 0. The zero-order valence-corrected chi connectivity index (χ0v) is 7.38. The molecule has 2 aliphatic rings. The minimum atomic E-state index is -0.199. The molecule has 0 radical (unpaired) electrons. The van der Waals surface area contributed by atoms with Crippen molar-refractivity contribution in [3.8, 4) is 0 Å². The molecule has 0 saturated heterocycles. The molecule has 0 aromatic carbocycles. The molecule has 1 N–H and O–H groups in total. The molecule has 1 unspecified atom stereocenters. The summed E-state index contributed by atoms with van der Waals surface area (Å²) in [6.07, 6.45) is 9.23. The van der Waals surface area contributed by atoms with E-state index in [9.17, 15) is 5.11 Å². The molecule has 0 aromatic rings. The molecular formula is C11H14O. The Labute approximate surface area is 73.1 Å². The van der Waals surface area contributed by atoms with Gasteiger partial charge in [0.05, 0.1) is 6.10 Å². The van der Waals surface area contributed by atoms with E-state index in [1.807, 2.05) is 0 Å². The molecule has 0 saturated carbocycles. The van der Waals surface area contributed by atoms with E-state index in [0.717, 1.165) is 19.3 Å². The summed E-state index contributed by atoms with van der Waals surface area (Å²) in [4.78, 5) is 0. The molecule has 0 aromatic heterocycles. The molecule has 1 atom stereocenters. The van der Waals surface area contributed by atoms with Gasteiger partial charge in [-0.25, -0.2) is 0 Å². The van der Waals surface area contributed by atoms with Crippen LogP contribution in [0.4, 0.5) is 0 Å². The van der Waals surface area contributed by atoms with Crippen molar-refractivity contribution in [3.05, 3.63) is 34.9 Å². The SMILES string of the molecule is CC1=CCC2=C(C=C1)C(O)CC2. The summed E-state index contributed by atoms with van der Waals surface area (Å²) in [5.41, 5.74) is 3.90. The van der Waals surface area contributed by atoms with E-state index in [0.29, 0.717) is 0 Å². The number of hydrogen-bond donors (Lipinski definition) is 1. The minimum absolute atomic E-state index is 0.199. The van der Waals surface area contributed by atoms with Crippen LogP contribution in [0.1, 0.15) is 26.2 Å². The van der Waals surface area contributed by atoms with E-state index in [4.69, 9.17) is 0 Å².